The number of aromatic nitrogens is 2. The quantitative estimate of drug-likeness (QED) is 0.557. The minimum Gasteiger partial charge on any atom is -0.494 e. The maximum atomic E-state index is 13.0. The molecule has 1 saturated heterocycles. The average Bonchev–Trinajstić information content (AvgIpc) is 3.28. The Bertz CT molecular complexity index is 1170. The number of hydrogen-bond donors (Lipinski definition) is 0. The number of hydrogen-bond acceptors (Lipinski definition) is 4. The van der Waals surface area contributed by atoms with Gasteiger partial charge in [0.25, 0.3) is 0 Å². The van der Waals surface area contributed by atoms with Crippen molar-refractivity contribution < 1.29 is 22.7 Å². The third kappa shape index (κ3) is 4.80. The van der Waals surface area contributed by atoms with Crippen molar-refractivity contribution in [3.05, 3.63) is 66.2 Å². The van der Waals surface area contributed by atoms with Crippen LogP contribution in [-0.2, 0) is 6.18 Å². The molecule has 0 bridgehead atoms. The van der Waals surface area contributed by atoms with E-state index in [0.29, 0.717) is 31.9 Å². The second-order valence-electron chi connectivity index (χ2n) is 8.14. The van der Waals surface area contributed by atoms with Crippen LogP contribution in [0.25, 0.3) is 5.69 Å². The van der Waals surface area contributed by atoms with Gasteiger partial charge >= 0.3 is 12.2 Å². The van der Waals surface area contributed by atoms with Crippen molar-refractivity contribution >= 4 is 17.4 Å². The van der Waals surface area contributed by atoms with Crippen molar-refractivity contribution in [1.82, 2.24) is 14.5 Å². The van der Waals surface area contributed by atoms with Crippen LogP contribution < -0.4 is 14.5 Å². The van der Waals surface area contributed by atoms with E-state index in [1.807, 2.05) is 35.9 Å². The summed E-state index contributed by atoms with van der Waals surface area (Å²) in [5.41, 5.74) is 2.18. The first-order valence-electron chi connectivity index (χ1n) is 10.8. The molecular formula is C24H26F3N5O2. The Kier molecular flexibility index (Phi) is 6.41. The van der Waals surface area contributed by atoms with Gasteiger partial charge in [-0.1, -0.05) is 6.07 Å². The van der Waals surface area contributed by atoms with Gasteiger partial charge in [-0.05, 0) is 37.3 Å². The molecule has 7 nitrogen and oxygen atoms in total. The number of rotatable bonds is 4. The lowest BCUT2D eigenvalue weighted by Gasteiger charge is -2.38. The fraction of sp³-hybridized carbons (Fsp3) is 0.333. The van der Waals surface area contributed by atoms with E-state index in [2.05, 4.69) is 9.88 Å². The van der Waals surface area contributed by atoms with E-state index in [1.54, 1.807) is 18.3 Å². The number of methoxy groups -OCH3 is 1. The summed E-state index contributed by atoms with van der Waals surface area (Å²) in [5, 5.41) is 0. The van der Waals surface area contributed by atoms with Crippen molar-refractivity contribution in [2.45, 2.75) is 13.1 Å². The van der Waals surface area contributed by atoms with E-state index in [1.165, 1.54) is 24.1 Å². The maximum Gasteiger partial charge on any atom is 0.416 e. The second-order valence-corrected chi connectivity index (χ2v) is 8.14. The fourth-order valence-corrected chi connectivity index (χ4v) is 4.00. The molecule has 0 saturated carbocycles. The molecule has 0 spiro atoms. The Labute approximate surface area is 196 Å². The molecular weight excluding hydrogens is 447 g/mol. The number of benzene rings is 2. The second kappa shape index (κ2) is 9.28. The standard InChI is InChI=1S/C24H26F3N5O2/c1-17-15-32(16-28-17)21-8-7-20(14-22(21)34-3)30-9-11-31(12-10-30)23(33)29(2)19-6-4-5-18(13-19)24(25,26)27/h4-8,13-16H,9-12H2,1-3H3. The topological polar surface area (TPSA) is 53.8 Å². The lowest BCUT2D eigenvalue weighted by molar-refractivity contribution is -0.137. The zero-order chi connectivity index (χ0) is 24.5. The summed E-state index contributed by atoms with van der Waals surface area (Å²) >= 11 is 0. The maximum absolute atomic E-state index is 13.0. The number of urea groups is 1. The van der Waals surface area contributed by atoms with Crippen LogP contribution in [0.4, 0.5) is 29.3 Å². The van der Waals surface area contributed by atoms with E-state index >= 15 is 0 Å². The zero-order valence-corrected chi connectivity index (χ0v) is 19.2. The molecule has 4 rings (SSSR count). The summed E-state index contributed by atoms with van der Waals surface area (Å²) in [6.45, 7) is 4.01. The van der Waals surface area contributed by atoms with Crippen molar-refractivity contribution in [3.8, 4) is 11.4 Å². The van der Waals surface area contributed by atoms with E-state index in [4.69, 9.17) is 4.74 Å². The van der Waals surface area contributed by atoms with E-state index in [9.17, 15) is 18.0 Å². The highest BCUT2D eigenvalue weighted by Gasteiger charge is 2.31. The average molecular weight is 473 g/mol. The molecule has 2 aromatic carbocycles. The van der Waals surface area contributed by atoms with Gasteiger partial charge in [0.05, 0.1) is 30.4 Å². The molecule has 0 radical (unpaired) electrons. The largest absolute Gasteiger partial charge is 0.494 e. The molecule has 0 unspecified atom stereocenters. The van der Waals surface area contributed by atoms with Crippen LogP contribution in [0, 0.1) is 6.92 Å². The number of carbonyl (C=O) groups excluding carboxylic acids is 1. The zero-order valence-electron chi connectivity index (χ0n) is 19.2. The van der Waals surface area contributed by atoms with E-state index in [0.717, 1.165) is 29.2 Å². The minimum atomic E-state index is -4.46. The summed E-state index contributed by atoms with van der Waals surface area (Å²) in [6.07, 6.45) is -0.806. The smallest absolute Gasteiger partial charge is 0.416 e. The lowest BCUT2D eigenvalue weighted by Crippen LogP contribution is -2.52. The van der Waals surface area contributed by atoms with Gasteiger partial charge in [-0.15, -0.1) is 0 Å². The highest BCUT2D eigenvalue weighted by atomic mass is 19.4. The van der Waals surface area contributed by atoms with E-state index in [-0.39, 0.29) is 11.7 Å². The van der Waals surface area contributed by atoms with Crippen molar-refractivity contribution in [3.63, 3.8) is 0 Å². The summed E-state index contributed by atoms with van der Waals surface area (Å²) in [6, 6.07) is 10.4. The van der Waals surface area contributed by atoms with E-state index < -0.39 is 11.7 Å². The molecule has 3 aromatic rings. The van der Waals surface area contributed by atoms with Crippen LogP contribution in [0.5, 0.6) is 5.75 Å². The normalized spacial score (nSPS) is 14.3. The third-order valence-electron chi connectivity index (χ3n) is 5.92. The molecule has 0 aliphatic carbocycles. The molecule has 1 aliphatic heterocycles. The van der Waals surface area contributed by atoms with Crippen molar-refractivity contribution in [2.24, 2.45) is 0 Å². The molecule has 0 atom stereocenters. The van der Waals surface area contributed by atoms with Gasteiger partial charge in [0.15, 0.2) is 0 Å². The molecule has 180 valence electrons. The predicted molar refractivity (Wildman–Crippen MR) is 124 cm³/mol. The van der Waals surface area contributed by atoms with Crippen LogP contribution in [-0.4, -0.2) is 60.8 Å². The molecule has 1 aromatic heterocycles. The number of ether oxygens (including phenoxy) is 1. The molecule has 2 heterocycles. The summed E-state index contributed by atoms with van der Waals surface area (Å²) < 4.78 is 46.6. The van der Waals surface area contributed by atoms with Crippen LogP contribution in [0.1, 0.15) is 11.3 Å². The van der Waals surface area contributed by atoms with Crippen LogP contribution in [0.3, 0.4) is 0 Å². The lowest BCUT2D eigenvalue weighted by atomic mass is 10.2. The predicted octanol–water partition coefficient (Wildman–Crippen LogP) is 4.59. The Morgan fingerprint density at radius 3 is 2.44 bits per heavy atom. The van der Waals surface area contributed by atoms with Crippen LogP contribution in [0.2, 0.25) is 0 Å². The number of alkyl halides is 3. The van der Waals surface area contributed by atoms with Gasteiger partial charge in [-0.2, -0.15) is 13.2 Å². The number of anilines is 2. The number of piperazine rings is 1. The summed E-state index contributed by atoms with van der Waals surface area (Å²) in [5.74, 6) is 0.706. The van der Waals surface area contributed by atoms with Gasteiger partial charge in [-0.25, -0.2) is 9.78 Å². The Balaban J connectivity index is 1.42. The molecule has 2 amide bonds. The SMILES string of the molecule is COc1cc(N2CCN(C(=O)N(C)c3cccc(C(F)(F)F)c3)CC2)ccc1-n1cnc(C)c1. The molecule has 1 aliphatic rings. The highest BCUT2D eigenvalue weighted by Crippen LogP contribution is 2.32. The number of amides is 2. The van der Waals surface area contributed by atoms with Gasteiger partial charge in [-0.3, -0.25) is 4.90 Å². The van der Waals surface area contributed by atoms with Crippen molar-refractivity contribution in [2.75, 3.05) is 50.1 Å². The first-order chi connectivity index (χ1) is 16.2. The number of imidazole rings is 1. The van der Waals surface area contributed by atoms with Crippen LogP contribution >= 0.6 is 0 Å². The summed E-state index contributed by atoms with van der Waals surface area (Å²) in [7, 11) is 3.11. The monoisotopic (exact) mass is 473 g/mol. The molecule has 1 fully saturated rings. The minimum absolute atomic E-state index is 0.206. The molecule has 0 N–H and O–H groups in total. The third-order valence-corrected chi connectivity index (χ3v) is 5.92. The Hall–Kier alpha value is -3.69. The van der Waals surface area contributed by atoms with Crippen LogP contribution in [0.15, 0.2) is 55.0 Å². The number of carbonyl (C=O) groups is 1. The summed E-state index contributed by atoms with van der Waals surface area (Å²) in [4.78, 5) is 22.2. The van der Waals surface area contributed by atoms with Gasteiger partial charge in [0.1, 0.15) is 5.75 Å². The first-order valence-corrected chi connectivity index (χ1v) is 10.8. The number of halogens is 3. The molecule has 34 heavy (non-hydrogen) atoms. The van der Waals surface area contributed by atoms with Gasteiger partial charge < -0.3 is 19.1 Å². The Morgan fingerprint density at radius 1 is 1.09 bits per heavy atom. The number of nitrogens with zero attached hydrogens (tertiary/aromatic N) is 5. The van der Waals surface area contributed by atoms with Gasteiger partial charge in [0, 0.05) is 56.9 Å². The fourth-order valence-electron chi connectivity index (χ4n) is 4.00. The van der Waals surface area contributed by atoms with Crippen molar-refractivity contribution in [1.29, 1.82) is 0 Å². The number of aryl methyl sites for hydroxylation is 1. The first kappa shape index (κ1) is 23.5. The van der Waals surface area contributed by atoms with Gasteiger partial charge in [0.2, 0.25) is 0 Å². The Morgan fingerprint density at radius 2 is 1.82 bits per heavy atom. The molecule has 10 heteroatoms. The highest BCUT2D eigenvalue weighted by molar-refractivity contribution is 5.91.